The first-order valence-corrected chi connectivity index (χ1v) is 5.22. The summed E-state index contributed by atoms with van der Waals surface area (Å²) in [5, 5.41) is 3.31. The fourth-order valence-electron chi connectivity index (χ4n) is 1.88. The molecule has 1 aromatic carbocycles. The van der Waals surface area contributed by atoms with Crippen molar-refractivity contribution in [2.45, 2.75) is 6.42 Å². The molecule has 0 fully saturated rings. The van der Waals surface area contributed by atoms with Crippen LogP contribution in [0.25, 0.3) is 0 Å². The molecule has 0 atom stereocenters. The lowest BCUT2D eigenvalue weighted by Gasteiger charge is -2.27. The zero-order chi connectivity index (χ0) is 11.7. The highest BCUT2D eigenvalue weighted by atomic mass is 16.2. The third kappa shape index (κ3) is 1.72. The van der Waals surface area contributed by atoms with Gasteiger partial charge in [-0.1, -0.05) is 18.2 Å². The molecule has 0 N–H and O–H groups in total. The number of rotatable bonds is 1. The molecule has 1 amide bonds. The standard InChI is InChI=1S/C12H14N2O2/c1-13(2)14-8-7-11(15)9-5-3-4-6-10(9)12(14)16/h3-6H,7-8H2,1-2H3. The van der Waals surface area contributed by atoms with Gasteiger partial charge in [-0.05, 0) is 6.07 Å². The van der Waals surface area contributed by atoms with Crippen molar-refractivity contribution in [1.29, 1.82) is 0 Å². The topological polar surface area (TPSA) is 40.6 Å². The fraction of sp³-hybridized carbons (Fsp3) is 0.333. The second-order valence-electron chi connectivity index (χ2n) is 3.99. The van der Waals surface area contributed by atoms with Crippen LogP contribution in [0.5, 0.6) is 0 Å². The van der Waals surface area contributed by atoms with E-state index in [4.69, 9.17) is 0 Å². The normalized spacial score (nSPS) is 16.3. The number of carbonyl (C=O) groups is 2. The summed E-state index contributed by atoms with van der Waals surface area (Å²) in [4.78, 5) is 24.0. The number of benzene rings is 1. The summed E-state index contributed by atoms with van der Waals surface area (Å²) in [6, 6.07) is 6.99. The molecule has 84 valence electrons. The second-order valence-corrected chi connectivity index (χ2v) is 3.99. The molecule has 0 aromatic heterocycles. The maximum Gasteiger partial charge on any atom is 0.268 e. The van der Waals surface area contributed by atoms with Crippen molar-refractivity contribution in [3.05, 3.63) is 35.4 Å². The molecule has 4 nitrogen and oxygen atoms in total. The first-order chi connectivity index (χ1) is 7.61. The predicted octanol–water partition coefficient (Wildman–Crippen LogP) is 1.19. The SMILES string of the molecule is CN(C)N1CCC(=O)c2ccccc2C1=O. The minimum Gasteiger partial charge on any atom is -0.294 e. The minimum atomic E-state index is -0.105. The molecule has 0 saturated carbocycles. The highest BCUT2D eigenvalue weighted by molar-refractivity contribution is 6.09. The lowest BCUT2D eigenvalue weighted by atomic mass is 10.0. The summed E-state index contributed by atoms with van der Waals surface area (Å²) < 4.78 is 0. The number of ketones is 1. The third-order valence-corrected chi connectivity index (χ3v) is 2.73. The average molecular weight is 218 g/mol. The first-order valence-electron chi connectivity index (χ1n) is 5.22. The Hall–Kier alpha value is -1.68. The molecule has 0 radical (unpaired) electrons. The van der Waals surface area contributed by atoms with Gasteiger partial charge in [0.25, 0.3) is 5.91 Å². The Labute approximate surface area is 94.4 Å². The number of carbonyl (C=O) groups excluding carboxylic acids is 2. The van der Waals surface area contributed by atoms with Crippen molar-refractivity contribution in [1.82, 2.24) is 10.0 Å². The summed E-state index contributed by atoms with van der Waals surface area (Å²) in [5.74, 6) is -0.0697. The average Bonchev–Trinajstić information content (AvgIpc) is 2.39. The van der Waals surface area contributed by atoms with E-state index in [1.165, 1.54) is 0 Å². The van der Waals surface area contributed by atoms with Gasteiger partial charge in [0.15, 0.2) is 5.78 Å². The van der Waals surface area contributed by atoms with Gasteiger partial charge in [-0.3, -0.25) is 14.6 Å². The second kappa shape index (κ2) is 4.06. The molecular formula is C12H14N2O2. The van der Waals surface area contributed by atoms with E-state index in [1.54, 1.807) is 48.4 Å². The molecular weight excluding hydrogens is 204 g/mol. The highest BCUT2D eigenvalue weighted by Gasteiger charge is 2.27. The quantitative estimate of drug-likeness (QED) is 0.711. The molecule has 1 heterocycles. The Bertz CT molecular complexity index is 440. The van der Waals surface area contributed by atoms with Crippen molar-refractivity contribution >= 4 is 11.7 Å². The molecule has 1 aliphatic rings. The molecule has 1 aromatic rings. The number of Topliss-reactive ketones (excluding diaryl/α,β-unsaturated/α-hetero) is 1. The van der Waals surface area contributed by atoms with Gasteiger partial charge in [0.1, 0.15) is 0 Å². The van der Waals surface area contributed by atoms with Gasteiger partial charge >= 0.3 is 0 Å². The molecule has 1 aliphatic heterocycles. The first kappa shape index (κ1) is 10.8. The van der Waals surface area contributed by atoms with E-state index in [1.807, 2.05) is 0 Å². The van der Waals surface area contributed by atoms with Crippen LogP contribution in [0.2, 0.25) is 0 Å². The van der Waals surface area contributed by atoms with E-state index in [0.717, 1.165) is 0 Å². The van der Waals surface area contributed by atoms with E-state index in [9.17, 15) is 9.59 Å². The highest BCUT2D eigenvalue weighted by Crippen LogP contribution is 2.18. The number of hydrazine groups is 1. The molecule has 4 heteroatoms. The monoisotopic (exact) mass is 218 g/mol. The Morgan fingerprint density at radius 3 is 2.38 bits per heavy atom. The molecule has 0 unspecified atom stereocenters. The molecule has 0 spiro atoms. The van der Waals surface area contributed by atoms with Crippen molar-refractivity contribution in [3.63, 3.8) is 0 Å². The summed E-state index contributed by atoms with van der Waals surface area (Å²) >= 11 is 0. The summed E-state index contributed by atoms with van der Waals surface area (Å²) in [7, 11) is 3.60. The zero-order valence-electron chi connectivity index (χ0n) is 9.43. The van der Waals surface area contributed by atoms with Crippen LogP contribution in [-0.2, 0) is 0 Å². The molecule has 0 aliphatic carbocycles. The molecule has 0 saturated heterocycles. The number of fused-ring (bicyclic) bond motifs is 1. The van der Waals surface area contributed by atoms with E-state index < -0.39 is 0 Å². The van der Waals surface area contributed by atoms with Crippen molar-refractivity contribution < 1.29 is 9.59 Å². The van der Waals surface area contributed by atoms with Gasteiger partial charge in [-0.15, -0.1) is 0 Å². The number of amides is 1. The maximum atomic E-state index is 12.2. The van der Waals surface area contributed by atoms with Crippen LogP contribution >= 0.6 is 0 Å². The smallest absolute Gasteiger partial charge is 0.268 e. The predicted molar refractivity (Wildman–Crippen MR) is 60.1 cm³/mol. The third-order valence-electron chi connectivity index (χ3n) is 2.73. The lowest BCUT2D eigenvalue weighted by Crippen LogP contribution is -2.41. The van der Waals surface area contributed by atoms with Crippen LogP contribution in [0.15, 0.2) is 24.3 Å². The largest absolute Gasteiger partial charge is 0.294 e. The minimum absolute atomic E-state index is 0.0355. The van der Waals surface area contributed by atoms with Gasteiger partial charge in [0.2, 0.25) is 0 Å². The maximum absolute atomic E-state index is 12.2. The molecule has 0 bridgehead atoms. The van der Waals surface area contributed by atoms with Gasteiger partial charge < -0.3 is 0 Å². The van der Waals surface area contributed by atoms with Gasteiger partial charge in [0.05, 0.1) is 5.56 Å². The Morgan fingerprint density at radius 1 is 1.12 bits per heavy atom. The van der Waals surface area contributed by atoms with Crippen LogP contribution in [-0.4, -0.2) is 42.3 Å². The van der Waals surface area contributed by atoms with E-state index in [2.05, 4.69) is 0 Å². The summed E-state index contributed by atoms with van der Waals surface area (Å²) in [5.41, 5.74) is 1.04. The van der Waals surface area contributed by atoms with Crippen LogP contribution in [0, 0.1) is 0 Å². The number of hydrogen-bond acceptors (Lipinski definition) is 3. The molecule has 16 heavy (non-hydrogen) atoms. The number of nitrogens with zero attached hydrogens (tertiary/aromatic N) is 2. The van der Waals surface area contributed by atoms with Gasteiger partial charge in [0, 0.05) is 32.6 Å². The van der Waals surface area contributed by atoms with E-state index >= 15 is 0 Å². The van der Waals surface area contributed by atoms with Gasteiger partial charge in [-0.2, -0.15) is 0 Å². The Kier molecular flexibility index (Phi) is 2.75. The van der Waals surface area contributed by atoms with Crippen molar-refractivity contribution in [2.24, 2.45) is 0 Å². The Morgan fingerprint density at radius 2 is 1.75 bits per heavy atom. The van der Waals surface area contributed by atoms with Crippen LogP contribution in [0.3, 0.4) is 0 Å². The number of hydrogen-bond donors (Lipinski definition) is 0. The summed E-state index contributed by atoms with van der Waals surface area (Å²) in [6.45, 7) is 0.444. The van der Waals surface area contributed by atoms with E-state index in [-0.39, 0.29) is 11.7 Å². The van der Waals surface area contributed by atoms with Crippen LogP contribution in [0.4, 0.5) is 0 Å². The van der Waals surface area contributed by atoms with Crippen LogP contribution < -0.4 is 0 Å². The van der Waals surface area contributed by atoms with Crippen molar-refractivity contribution in [3.8, 4) is 0 Å². The van der Waals surface area contributed by atoms with Crippen LogP contribution in [0.1, 0.15) is 27.1 Å². The molecule has 2 rings (SSSR count). The fourth-order valence-corrected chi connectivity index (χ4v) is 1.88. The van der Waals surface area contributed by atoms with E-state index in [0.29, 0.717) is 24.1 Å². The lowest BCUT2D eigenvalue weighted by molar-refractivity contribution is 0.0211. The van der Waals surface area contributed by atoms with Crippen molar-refractivity contribution in [2.75, 3.05) is 20.6 Å². The summed E-state index contributed by atoms with van der Waals surface area (Å²) in [6.07, 6.45) is 0.376. The zero-order valence-corrected chi connectivity index (χ0v) is 9.43. The Balaban J connectivity index is 2.49. The van der Waals surface area contributed by atoms with Gasteiger partial charge in [-0.25, -0.2) is 5.01 Å².